The van der Waals surface area contributed by atoms with Gasteiger partial charge in [0.2, 0.25) is 0 Å². The Bertz CT molecular complexity index is 231. The Labute approximate surface area is 88.2 Å². The third-order valence-electron chi connectivity index (χ3n) is 3.39. The van der Waals surface area contributed by atoms with E-state index in [-0.39, 0.29) is 16.0 Å². The molecule has 0 aromatic rings. The number of hydrogen-bond donors (Lipinski definition) is 0. The highest BCUT2D eigenvalue weighted by molar-refractivity contribution is 6.81. The molecule has 0 aromatic heterocycles. The number of hydrogen-bond acceptors (Lipinski definition) is 2. The van der Waals surface area contributed by atoms with Gasteiger partial charge < -0.3 is 4.43 Å². The molecule has 1 rings (SSSR count). The lowest BCUT2D eigenvalue weighted by atomic mass is 10.2. The van der Waals surface area contributed by atoms with Gasteiger partial charge in [0.1, 0.15) is 0 Å². The Morgan fingerprint density at radius 1 is 1.07 bits per heavy atom. The fourth-order valence-electron chi connectivity index (χ4n) is 2.76. The van der Waals surface area contributed by atoms with E-state index in [2.05, 4.69) is 41.5 Å². The van der Waals surface area contributed by atoms with Crippen LogP contribution in [0.4, 0.5) is 0 Å². The molecule has 0 saturated carbocycles. The summed E-state index contributed by atoms with van der Waals surface area (Å²) in [6, 6.07) is 0.985. The molecule has 1 aliphatic heterocycles. The molecule has 0 radical (unpaired) electrons. The van der Waals surface area contributed by atoms with Gasteiger partial charge in [-0.25, -0.2) is 0 Å². The van der Waals surface area contributed by atoms with E-state index < -0.39 is 8.32 Å². The van der Waals surface area contributed by atoms with Crippen LogP contribution in [0.1, 0.15) is 48.0 Å². The minimum Gasteiger partial charge on any atom is -0.518 e. The van der Waals surface area contributed by atoms with E-state index >= 15 is 0 Å². The molecule has 0 aliphatic carbocycles. The van der Waals surface area contributed by atoms with Gasteiger partial charge >= 0.3 is 0 Å². The first-order valence-corrected chi connectivity index (χ1v) is 7.43. The first-order valence-electron chi connectivity index (χ1n) is 5.32. The Morgan fingerprint density at radius 3 is 1.64 bits per heavy atom. The van der Waals surface area contributed by atoms with Crippen molar-refractivity contribution >= 4 is 14.3 Å². The summed E-state index contributed by atoms with van der Waals surface area (Å²) in [5, 5.41) is 0.273. The third-order valence-corrected chi connectivity index (χ3v) is 9.77. The Morgan fingerprint density at radius 2 is 1.50 bits per heavy atom. The van der Waals surface area contributed by atoms with E-state index in [9.17, 15) is 4.79 Å². The molecule has 0 atom stereocenters. The molecular formula is C11H22O2Si. The molecular weight excluding hydrogens is 192 g/mol. The van der Waals surface area contributed by atoms with Crippen molar-refractivity contribution in [3.05, 3.63) is 0 Å². The molecule has 0 bridgehead atoms. The van der Waals surface area contributed by atoms with Crippen molar-refractivity contribution in [2.75, 3.05) is 0 Å². The van der Waals surface area contributed by atoms with E-state index in [1.807, 2.05) is 0 Å². The topological polar surface area (TPSA) is 26.3 Å². The second-order valence-corrected chi connectivity index (χ2v) is 11.7. The average molecular weight is 214 g/mol. The summed E-state index contributed by atoms with van der Waals surface area (Å²) < 4.78 is 5.78. The molecule has 1 aliphatic rings. The van der Waals surface area contributed by atoms with Gasteiger partial charge in [0.05, 0.1) is 0 Å². The average Bonchev–Trinajstić information content (AvgIpc) is 2.28. The zero-order valence-corrected chi connectivity index (χ0v) is 11.2. The summed E-state index contributed by atoms with van der Waals surface area (Å²) in [5.41, 5.74) is 0. The molecule has 0 unspecified atom stereocenters. The predicted octanol–water partition coefficient (Wildman–Crippen LogP) is 3.48. The lowest BCUT2D eigenvalue weighted by Gasteiger charge is -2.46. The van der Waals surface area contributed by atoms with Crippen molar-refractivity contribution in [2.24, 2.45) is 0 Å². The maximum Gasteiger partial charge on any atom is 0.292 e. The summed E-state index contributed by atoms with van der Waals surface area (Å²) >= 11 is 0. The second kappa shape index (κ2) is 3.09. The van der Waals surface area contributed by atoms with E-state index in [4.69, 9.17) is 4.43 Å². The summed E-state index contributed by atoms with van der Waals surface area (Å²) in [4.78, 5) is 11.4. The predicted molar refractivity (Wildman–Crippen MR) is 60.7 cm³/mol. The lowest BCUT2D eigenvalue weighted by Crippen LogP contribution is -2.51. The Hall–Kier alpha value is -0.313. The molecule has 14 heavy (non-hydrogen) atoms. The maximum absolute atomic E-state index is 11.4. The first-order chi connectivity index (χ1) is 6.10. The van der Waals surface area contributed by atoms with Crippen LogP contribution in [-0.2, 0) is 9.22 Å². The molecule has 0 N–H and O–H groups in total. The Kier molecular flexibility index (Phi) is 2.59. The van der Waals surface area contributed by atoms with Crippen LogP contribution in [0, 0.1) is 0 Å². The van der Waals surface area contributed by atoms with Crippen LogP contribution in [-0.4, -0.2) is 14.3 Å². The zero-order valence-electron chi connectivity index (χ0n) is 10.2. The fourth-order valence-corrected chi connectivity index (χ4v) is 8.27. The van der Waals surface area contributed by atoms with Gasteiger partial charge in [0.25, 0.3) is 14.3 Å². The van der Waals surface area contributed by atoms with Gasteiger partial charge in [-0.15, -0.1) is 0 Å². The summed E-state index contributed by atoms with van der Waals surface area (Å²) in [6.45, 7) is 13.3. The maximum atomic E-state index is 11.4. The fraction of sp³-hybridized carbons (Fsp3) is 0.909. The van der Waals surface area contributed by atoms with Crippen LogP contribution in [0.2, 0.25) is 16.1 Å². The van der Waals surface area contributed by atoms with Crippen LogP contribution < -0.4 is 0 Å². The van der Waals surface area contributed by atoms with E-state index in [1.54, 1.807) is 0 Å². The van der Waals surface area contributed by atoms with Crippen molar-refractivity contribution in [3.63, 3.8) is 0 Å². The first kappa shape index (κ1) is 11.8. The summed E-state index contributed by atoms with van der Waals surface area (Å²) in [6.07, 6.45) is 0.626. The zero-order chi connectivity index (χ0) is 11.2. The molecule has 3 heteroatoms. The van der Waals surface area contributed by atoms with Crippen molar-refractivity contribution in [1.82, 2.24) is 0 Å². The molecule has 2 nitrogen and oxygen atoms in total. The van der Waals surface area contributed by atoms with E-state index in [1.165, 1.54) is 0 Å². The molecule has 0 amide bonds. The molecule has 82 valence electrons. The molecule has 0 aromatic carbocycles. The van der Waals surface area contributed by atoms with E-state index in [0.717, 1.165) is 6.04 Å². The lowest BCUT2D eigenvalue weighted by molar-refractivity contribution is -0.133. The van der Waals surface area contributed by atoms with Crippen LogP contribution in [0.25, 0.3) is 0 Å². The molecule has 1 saturated heterocycles. The van der Waals surface area contributed by atoms with Crippen LogP contribution in [0.3, 0.4) is 0 Å². The second-order valence-electron chi connectivity index (χ2n) is 6.30. The van der Waals surface area contributed by atoms with Gasteiger partial charge in [-0.05, 0) is 16.1 Å². The summed E-state index contributed by atoms with van der Waals surface area (Å²) in [5.74, 6) is 0.0153. The van der Waals surface area contributed by atoms with Crippen molar-refractivity contribution in [3.8, 4) is 0 Å². The van der Waals surface area contributed by atoms with Crippen LogP contribution in [0.15, 0.2) is 0 Å². The van der Waals surface area contributed by atoms with Crippen LogP contribution >= 0.6 is 0 Å². The quantitative estimate of drug-likeness (QED) is 0.577. The van der Waals surface area contributed by atoms with Crippen molar-refractivity contribution in [2.45, 2.75) is 64.1 Å². The van der Waals surface area contributed by atoms with Gasteiger partial charge in [0, 0.05) is 6.42 Å². The SMILES string of the molecule is CC(C)(C)[Si]1(C(C)(C)C)CCC(=O)O1. The Balaban J connectivity index is 3.12. The third kappa shape index (κ3) is 1.62. The van der Waals surface area contributed by atoms with Crippen LogP contribution in [0.5, 0.6) is 0 Å². The monoisotopic (exact) mass is 214 g/mol. The molecule has 0 spiro atoms. The smallest absolute Gasteiger partial charge is 0.292 e. The molecule has 1 fully saturated rings. The summed E-state index contributed by atoms with van der Waals surface area (Å²) in [7, 11) is -1.95. The normalized spacial score (nSPS) is 22.3. The number of rotatable bonds is 0. The largest absolute Gasteiger partial charge is 0.518 e. The minimum atomic E-state index is -1.95. The minimum absolute atomic E-state index is 0.0153. The van der Waals surface area contributed by atoms with Gasteiger partial charge in [-0.1, -0.05) is 41.5 Å². The van der Waals surface area contributed by atoms with Gasteiger partial charge in [-0.3, -0.25) is 4.79 Å². The highest BCUT2D eigenvalue weighted by Gasteiger charge is 2.60. The van der Waals surface area contributed by atoms with Crippen molar-refractivity contribution < 1.29 is 9.22 Å². The van der Waals surface area contributed by atoms with E-state index in [0.29, 0.717) is 6.42 Å². The van der Waals surface area contributed by atoms with Gasteiger partial charge in [-0.2, -0.15) is 0 Å². The number of carbonyl (C=O) groups excluding carboxylic acids is 1. The van der Waals surface area contributed by atoms with Crippen molar-refractivity contribution in [1.29, 1.82) is 0 Å². The number of carbonyl (C=O) groups is 1. The standard InChI is InChI=1S/C11H22O2Si/c1-10(2,3)14(11(4,5)6)8-7-9(12)13-14/h7-8H2,1-6H3. The highest BCUT2D eigenvalue weighted by atomic mass is 28.4. The molecule has 1 heterocycles. The van der Waals surface area contributed by atoms with Gasteiger partial charge in [0.15, 0.2) is 0 Å². The highest BCUT2D eigenvalue weighted by Crippen LogP contribution is 2.56.